The van der Waals surface area contributed by atoms with E-state index in [0.29, 0.717) is 24.9 Å². The van der Waals surface area contributed by atoms with E-state index in [2.05, 4.69) is 15.6 Å². The molecule has 1 amide bonds. The predicted octanol–water partition coefficient (Wildman–Crippen LogP) is -0.438. The molecule has 3 N–H and O–H groups in total. The van der Waals surface area contributed by atoms with Gasteiger partial charge < -0.3 is 15.3 Å². The number of aliphatic hydroxyl groups is 1. The number of carbonyl (C=O) groups excluding carboxylic acids is 1. The van der Waals surface area contributed by atoms with E-state index in [0.717, 1.165) is 43.7 Å². The van der Waals surface area contributed by atoms with Crippen molar-refractivity contribution in [2.75, 3.05) is 19.7 Å². The summed E-state index contributed by atoms with van der Waals surface area (Å²) in [7, 11) is 0. The predicted molar refractivity (Wildman–Crippen MR) is 99.8 cm³/mol. The van der Waals surface area contributed by atoms with E-state index in [4.69, 9.17) is 5.11 Å². The molecule has 3 aliphatic heterocycles. The van der Waals surface area contributed by atoms with Crippen molar-refractivity contribution in [1.82, 2.24) is 20.3 Å². The molecule has 4 heterocycles. The lowest BCUT2D eigenvalue weighted by Gasteiger charge is -2.46. The molecular formula is C20H27FN5O2+. The summed E-state index contributed by atoms with van der Waals surface area (Å²) in [4.78, 5) is 14.2. The molecule has 5 rings (SSSR count). The van der Waals surface area contributed by atoms with E-state index in [-0.39, 0.29) is 24.2 Å². The molecule has 3 fully saturated rings. The first kappa shape index (κ1) is 19.0. The Morgan fingerprint density at radius 3 is 2.89 bits per heavy atom. The number of aliphatic hydroxyl groups excluding tert-OH is 1. The fourth-order valence-corrected chi connectivity index (χ4v) is 4.62. The molecule has 1 aromatic heterocycles. The standard InChI is InChI=1S/C20H26FN5O2/c21-16-3-1-14(2-4-16)10-22-20(28)19-13-25-7-5-15(19)9-18(25)12-26-11-17(6-8-27)23-24-26/h1-4,11,15,18-19,27H,5-10,12-13H2,(H,22,28)/p+1/t15-,18-,19+/m1/s1. The van der Waals surface area contributed by atoms with Gasteiger partial charge in [-0.25, -0.2) is 9.07 Å². The average molecular weight is 388 g/mol. The second-order valence-electron chi connectivity index (χ2n) is 7.95. The van der Waals surface area contributed by atoms with Crippen LogP contribution in [0.4, 0.5) is 4.39 Å². The van der Waals surface area contributed by atoms with Gasteiger partial charge in [-0.1, -0.05) is 17.3 Å². The van der Waals surface area contributed by atoms with E-state index in [9.17, 15) is 9.18 Å². The number of carbonyl (C=O) groups is 1. The number of hydrogen-bond acceptors (Lipinski definition) is 4. The summed E-state index contributed by atoms with van der Waals surface area (Å²) in [6, 6.07) is 6.69. The number of piperidine rings is 3. The molecule has 3 saturated heterocycles. The highest BCUT2D eigenvalue weighted by Gasteiger charge is 2.46. The van der Waals surface area contributed by atoms with Crippen molar-refractivity contribution >= 4 is 5.91 Å². The highest BCUT2D eigenvalue weighted by molar-refractivity contribution is 5.79. The Hall–Kier alpha value is -2.32. The van der Waals surface area contributed by atoms with Crippen LogP contribution in [0, 0.1) is 17.7 Å². The number of benzene rings is 1. The molecule has 2 aromatic rings. The second kappa shape index (κ2) is 8.36. The molecule has 0 spiro atoms. The summed E-state index contributed by atoms with van der Waals surface area (Å²) in [6.45, 7) is 3.26. The first-order valence-corrected chi connectivity index (χ1v) is 9.99. The third-order valence-corrected chi connectivity index (χ3v) is 6.13. The second-order valence-corrected chi connectivity index (χ2v) is 7.95. The Kier molecular flexibility index (Phi) is 5.68. The van der Waals surface area contributed by atoms with Crippen LogP contribution in [0.15, 0.2) is 30.5 Å². The molecule has 1 unspecified atom stereocenters. The van der Waals surface area contributed by atoms with Crippen molar-refractivity contribution in [3.8, 4) is 0 Å². The summed E-state index contributed by atoms with van der Waals surface area (Å²) >= 11 is 0. The zero-order valence-electron chi connectivity index (χ0n) is 15.9. The Balaban J connectivity index is 1.31. The van der Waals surface area contributed by atoms with Crippen molar-refractivity contribution in [3.63, 3.8) is 0 Å². The van der Waals surface area contributed by atoms with E-state index in [1.807, 2.05) is 10.9 Å². The lowest BCUT2D eigenvalue weighted by molar-refractivity contribution is -0.945. The first-order valence-electron chi connectivity index (χ1n) is 9.99. The quantitative estimate of drug-likeness (QED) is 0.601. The van der Waals surface area contributed by atoms with Gasteiger partial charge in [0.25, 0.3) is 0 Å². The zero-order valence-corrected chi connectivity index (χ0v) is 15.9. The molecule has 4 atom stereocenters. The highest BCUT2D eigenvalue weighted by Crippen LogP contribution is 2.27. The highest BCUT2D eigenvalue weighted by atomic mass is 19.1. The van der Waals surface area contributed by atoms with Crippen LogP contribution < -0.4 is 10.2 Å². The maximum absolute atomic E-state index is 13.0. The normalized spacial score (nSPS) is 26.4. The molecule has 0 aliphatic carbocycles. The summed E-state index contributed by atoms with van der Waals surface area (Å²) in [5, 5.41) is 20.3. The van der Waals surface area contributed by atoms with Crippen LogP contribution in [-0.4, -0.2) is 51.7 Å². The van der Waals surface area contributed by atoms with Crippen molar-refractivity contribution in [3.05, 3.63) is 47.5 Å². The fourth-order valence-electron chi connectivity index (χ4n) is 4.62. The smallest absolute Gasteiger partial charge is 0.229 e. The fraction of sp³-hybridized carbons (Fsp3) is 0.550. The third kappa shape index (κ3) is 4.23. The molecule has 150 valence electrons. The van der Waals surface area contributed by atoms with Crippen molar-refractivity contribution in [2.24, 2.45) is 11.8 Å². The largest absolute Gasteiger partial charge is 0.396 e. The lowest BCUT2D eigenvalue weighted by Crippen LogP contribution is -3.20. The Morgan fingerprint density at radius 2 is 2.18 bits per heavy atom. The van der Waals surface area contributed by atoms with Crippen LogP contribution in [-0.2, 0) is 24.3 Å². The van der Waals surface area contributed by atoms with Crippen LogP contribution in [0.1, 0.15) is 24.1 Å². The summed E-state index contributed by atoms with van der Waals surface area (Å²) in [6.07, 6.45) is 4.53. The summed E-state index contributed by atoms with van der Waals surface area (Å²) in [5.41, 5.74) is 1.72. The third-order valence-electron chi connectivity index (χ3n) is 6.13. The average Bonchev–Trinajstić information content (AvgIpc) is 3.15. The van der Waals surface area contributed by atoms with Gasteiger partial charge in [-0.3, -0.25) is 4.79 Å². The zero-order chi connectivity index (χ0) is 19.5. The van der Waals surface area contributed by atoms with E-state index in [1.54, 1.807) is 12.1 Å². The molecule has 1 aromatic carbocycles. The number of nitrogens with one attached hydrogen (secondary N) is 2. The number of halogens is 1. The number of fused-ring (bicyclic) bond motifs is 3. The minimum Gasteiger partial charge on any atom is -0.396 e. The number of hydrogen-bond donors (Lipinski definition) is 3. The number of quaternary nitrogens is 1. The molecule has 0 saturated carbocycles. The SMILES string of the molecule is O=C(NCc1ccc(F)cc1)[C@H]1C[NH+]2CC[C@@H]1C[C@@H]2Cn1cc(CCO)nn1. The molecule has 0 radical (unpaired) electrons. The molecule has 28 heavy (non-hydrogen) atoms. The Labute approximate surface area is 163 Å². The van der Waals surface area contributed by atoms with Crippen molar-refractivity contribution < 1.29 is 19.2 Å². The number of nitrogens with zero attached hydrogens (tertiary/aromatic N) is 3. The minimum atomic E-state index is -0.266. The summed E-state index contributed by atoms with van der Waals surface area (Å²) in [5.74, 6) is 0.284. The van der Waals surface area contributed by atoms with Gasteiger partial charge in [-0.15, -0.1) is 5.10 Å². The van der Waals surface area contributed by atoms with Gasteiger partial charge in [-0.2, -0.15) is 0 Å². The summed E-state index contributed by atoms with van der Waals surface area (Å²) < 4.78 is 14.9. The molecular weight excluding hydrogens is 361 g/mol. The maximum atomic E-state index is 13.0. The number of aromatic nitrogens is 3. The van der Waals surface area contributed by atoms with E-state index < -0.39 is 0 Å². The Bertz CT molecular complexity index is 809. The van der Waals surface area contributed by atoms with Crippen LogP contribution >= 0.6 is 0 Å². The van der Waals surface area contributed by atoms with Gasteiger partial charge in [0.05, 0.1) is 31.2 Å². The molecule has 8 heteroatoms. The van der Waals surface area contributed by atoms with Gasteiger partial charge >= 0.3 is 0 Å². The van der Waals surface area contributed by atoms with Crippen molar-refractivity contribution in [1.29, 1.82) is 0 Å². The van der Waals surface area contributed by atoms with Crippen LogP contribution in [0.25, 0.3) is 0 Å². The van der Waals surface area contributed by atoms with Crippen LogP contribution in [0.5, 0.6) is 0 Å². The van der Waals surface area contributed by atoms with Crippen LogP contribution in [0.2, 0.25) is 0 Å². The van der Waals surface area contributed by atoms with E-state index in [1.165, 1.54) is 17.0 Å². The minimum absolute atomic E-state index is 0.0427. The maximum Gasteiger partial charge on any atom is 0.229 e. The van der Waals surface area contributed by atoms with Crippen molar-refractivity contribution in [2.45, 2.75) is 38.4 Å². The molecule has 7 nitrogen and oxygen atoms in total. The monoisotopic (exact) mass is 388 g/mol. The van der Waals surface area contributed by atoms with Gasteiger partial charge in [0.15, 0.2) is 0 Å². The lowest BCUT2D eigenvalue weighted by atomic mass is 9.75. The first-order chi connectivity index (χ1) is 13.6. The van der Waals surface area contributed by atoms with Gasteiger partial charge in [-0.05, 0) is 23.6 Å². The van der Waals surface area contributed by atoms with Gasteiger partial charge in [0.2, 0.25) is 5.91 Å². The molecule has 2 bridgehead atoms. The molecule has 3 aliphatic rings. The topological polar surface area (TPSA) is 84.5 Å². The number of amides is 1. The van der Waals surface area contributed by atoms with Crippen LogP contribution in [0.3, 0.4) is 0 Å². The van der Waals surface area contributed by atoms with Gasteiger partial charge in [0, 0.05) is 38.6 Å². The van der Waals surface area contributed by atoms with Gasteiger partial charge in [0.1, 0.15) is 11.9 Å². The Morgan fingerprint density at radius 1 is 1.36 bits per heavy atom. The number of rotatable bonds is 7. The van der Waals surface area contributed by atoms with E-state index >= 15 is 0 Å².